The van der Waals surface area contributed by atoms with Gasteiger partial charge < -0.3 is 35.0 Å². The van der Waals surface area contributed by atoms with Gasteiger partial charge in [0.15, 0.2) is 5.75 Å². The zero-order chi connectivity index (χ0) is 29.6. The summed E-state index contributed by atoms with van der Waals surface area (Å²) >= 11 is 0. The van der Waals surface area contributed by atoms with E-state index in [1.165, 1.54) is 19.2 Å². The second-order valence-electron chi connectivity index (χ2n) is 9.22. The number of alkyl halides is 3. The highest BCUT2D eigenvalue weighted by Crippen LogP contribution is 2.44. The van der Waals surface area contributed by atoms with Gasteiger partial charge in [0.2, 0.25) is 11.8 Å². The Hall–Kier alpha value is -3.67. The molecule has 0 aliphatic carbocycles. The van der Waals surface area contributed by atoms with E-state index in [4.69, 9.17) is 9.47 Å². The topological polar surface area (TPSA) is 121 Å². The van der Waals surface area contributed by atoms with Crippen LogP contribution >= 0.6 is 8.30 Å². The van der Waals surface area contributed by atoms with Gasteiger partial charge in [-0.15, -0.1) is 0 Å². The van der Waals surface area contributed by atoms with Crippen molar-refractivity contribution in [3.63, 3.8) is 0 Å². The number of benzene rings is 2. The molecule has 1 saturated heterocycles. The minimum Gasteiger partial charge on any atom is -0.495 e. The molecule has 3 aromatic rings. The molecule has 0 bridgehead atoms. The van der Waals surface area contributed by atoms with Crippen LogP contribution in [0.25, 0.3) is 0 Å². The lowest BCUT2D eigenvalue weighted by molar-refractivity contribution is -0.139. The molecule has 1 amide bonds. The Kier molecular flexibility index (Phi) is 9.85. The molecule has 0 spiro atoms. The number of hydrogen-bond acceptors (Lipinski definition) is 9. The number of piperidine rings is 1. The number of ether oxygens (including phenoxy) is 2. The van der Waals surface area contributed by atoms with E-state index >= 15 is 0 Å². The number of nitrogens with zero attached hydrogens (tertiary/aromatic N) is 3. The molecule has 2 heterocycles. The first-order valence-corrected chi connectivity index (χ1v) is 14.7. The first-order chi connectivity index (χ1) is 19.6. The number of para-hydroxylation sites is 2. The van der Waals surface area contributed by atoms with Gasteiger partial charge in [0.25, 0.3) is 5.91 Å². The maximum Gasteiger partial charge on any atom is 0.423 e. The van der Waals surface area contributed by atoms with Crippen LogP contribution in [0, 0.1) is 0 Å². The lowest BCUT2D eigenvalue weighted by Gasteiger charge is -2.27. The number of methoxy groups -OCH3 is 1. The minimum atomic E-state index is -4.79. The fourth-order valence-electron chi connectivity index (χ4n) is 4.38. The summed E-state index contributed by atoms with van der Waals surface area (Å²) in [7, 11) is -0.165. The van der Waals surface area contributed by atoms with Gasteiger partial charge in [-0.3, -0.25) is 4.79 Å². The number of rotatable bonds is 10. The molecule has 0 radical (unpaired) electrons. The highest BCUT2D eigenvalue weighted by molar-refractivity contribution is 7.52. The molecule has 4 rings (SSSR count). The molecule has 0 saturated carbocycles. The summed E-state index contributed by atoms with van der Waals surface area (Å²) in [5, 5.41) is 9.12. The number of carbonyl (C=O) groups excluding carboxylic acids is 1. The average Bonchev–Trinajstić information content (AvgIpc) is 2.94. The molecule has 220 valence electrons. The van der Waals surface area contributed by atoms with Gasteiger partial charge in [-0.2, -0.15) is 18.2 Å². The molecule has 4 N–H and O–H groups in total. The van der Waals surface area contributed by atoms with Crippen LogP contribution in [0.2, 0.25) is 0 Å². The van der Waals surface area contributed by atoms with Crippen LogP contribution in [0.3, 0.4) is 0 Å². The van der Waals surface area contributed by atoms with Crippen molar-refractivity contribution in [1.82, 2.24) is 20.6 Å². The number of anilines is 3. The average molecular weight is 593 g/mol. The van der Waals surface area contributed by atoms with E-state index in [1.807, 2.05) is 6.92 Å². The molecule has 1 aliphatic rings. The largest absolute Gasteiger partial charge is 0.495 e. The van der Waals surface area contributed by atoms with Crippen LogP contribution in [-0.4, -0.2) is 60.2 Å². The number of nitrogens with one attached hydrogen (secondary N) is 3. The molecule has 14 heteroatoms. The summed E-state index contributed by atoms with van der Waals surface area (Å²) in [6, 6.07) is 11.2. The van der Waals surface area contributed by atoms with Gasteiger partial charge in [0.1, 0.15) is 19.6 Å². The van der Waals surface area contributed by atoms with Crippen molar-refractivity contribution >= 4 is 31.5 Å². The fourth-order valence-corrected chi connectivity index (χ4v) is 5.27. The van der Waals surface area contributed by atoms with Crippen molar-refractivity contribution in [2.75, 3.05) is 43.4 Å². The third kappa shape index (κ3) is 7.55. The highest BCUT2D eigenvalue weighted by Gasteiger charge is 2.37. The Morgan fingerprint density at radius 2 is 1.93 bits per heavy atom. The Labute approximate surface area is 237 Å². The molecule has 1 fully saturated rings. The standard InChI is InChI=1S/C27H32F3N6O4P/c1-4-36(41(3)38)21-7-5-6-8-22(21)40-25-19(27(28,29)30)16-32-26(35-25)34-20-10-9-17(15-23(20)39-2)24(37)33-18-11-13-31-14-12-18/h5-10,15-16,18,31,38H,4,11-14H2,1-3H3,(H,33,37)(H,32,34,35). The highest BCUT2D eigenvalue weighted by atomic mass is 31.2. The SMILES string of the molecule is CCN(c1ccccc1Oc1nc(Nc2ccc(C(=O)NC3CCNCC3)cc2OC)ncc1C(F)(F)F)P(C)O. The van der Waals surface area contributed by atoms with Gasteiger partial charge in [0.05, 0.1) is 18.5 Å². The summed E-state index contributed by atoms with van der Waals surface area (Å²) in [4.78, 5) is 30.9. The van der Waals surface area contributed by atoms with Crippen LogP contribution in [0.5, 0.6) is 17.4 Å². The van der Waals surface area contributed by atoms with Gasteiger partial charge in [-0.05, 0) is 69.9 Å². The molecular formula is C27H32F3N6O4P. The summed E-state index contributed by atoms with van der Waals surface area (Å²) in [5.74, 6) is -0.773. The minimum absolute atomic E-state index is 0.0720. The quantitative estimate of drug-likeness (QED) is 0.233. The zero-order valence-electron chi connectivity index (χ0n) is 22.8. The lowest BCUT2D eigenvalue weighted by Crippen LogP contribution is -2.42. The van der Waals surface area contributed by atoms with Gasteiger partial charge in [0, 0.05) is 24.3 Å². The molecule has 1 aliphatic heterocycles. The Balaban J connectivity index is 1.61. The van der Waals surface area contributed by atoms with Crippen LogP contribution in [0.15, 0.2) is 48.7 Å². The van der Waals surface area contributed by atoms with Crippen LogP contribution < -0.4 is 30.1 Å². The van der Waals surface area contributed by atoms with Crippen molar-refractivity contribution in [2.45, 2.75) is 32.0 Å². The van der Waals surface area contributed by atoms with Gasteiger partial charge in [-0.25, -0.2) is 4.98 Å². The summed E-state index contributed by atoms with van der Waals surface area (Å²) in [6.45, 7) is 5.50. The Morgan fingerprint density at radius 3 is 2.59 bits per heavy atom. The van der Waals surface area contributed by atoms with Gasteiger partial charge >= 0.3 is 6.18 Å². The van der Waals surface area contributed by atoms with Crippen LogP contribution in [0.1, 0.15) is 35.7 Å². The molecule has 1 atom stereocenters. The van der Waals surface area contributed by atoms with Crippen molar-refractivity contribution < 1.29 is 32.3 Å². The van der Waals surface area contributed by atoms with E-state index < -0.39 is 25.9 Å². The molecular weight excluding hydrogens is 560 g/mol. The van der Waals surface area contributed by atoms with Crippen molar-refractivity contribution in [3.8, 4) is 17.4 Å². The van der Waals surface area contributed by atoms with E-state index in [9.17, 15) is 22.9 Å². The second kappa shape index (κ2) is 13.3. The smallest absolute Gasteiger partial charge is 0.423 e. The van der Waals surface area contributed by atoms with Gasteiger partial charge in [-0.1, -0.05) is 12.1 Å². The number of aromatic nitrogens is 2. The Bertz CT molecular complexity index is 1350. The van der Waals surface area contributed by atoms with Crippen molar-refractivity contribution in [3.05, 3.63) is 59.8 Å². The van der Waals surface area contributed by atoms with E-state index in [0.29, 0.717) is 29.7 Å². The normalized spacial score (nSPS) is 14.7. The molecule has 1 aromatic heterocycles. The van der Waals surface area contributed by atoms with Crippen molar-refractivity contribution in [1.29, 1.82) is 0 Å². The maximum absolute atomic E-state index is 13.9. The van der Waals surface area contributed by atoms with Crippen LogP contribution in [-0.2, 0) is 6.18 Å². The fraction of sp³-hybridized carbons (Fsp3) is 0.370. The van der Waals surface area contributed by atoms with E-state index in [-0.39, 0.29) is 29.4 Å². The maximum atomic E-state index is 13.9. The van der Waals surface area contributed by atoms with Crippen LogP contribution in [0.4, 0.5) is 30.5 Å². The second-order valence-corrected chi connectivity index (χ2v) is 10.7. The third-order valence-corrected chi connectivity index (χ3v) is 7.64. The van der Waals surface area contributed by atoms with E-state index in [2.05, 4.69) is 25.9 Å². The van der Waals surface area contributed by atoms with E-state index in [0.717, 1.165) is 25.9 Å². The summed E-state index contributed by atoms with van der Waals surface area (Å²) in [5.41, 5.74) is -0.0285. The predicted octanol–water partition coefficient (Wildman–Crippen LogP) is 5.28. The first kappa shape index (κ1) is 30.3. The zero-order valence-corrected chi connectivity index (χ0v) is 23.7. The van der Waals surface area contributed by atoms with E-state index in [1.54, 1.807) is 41.7 Å². The first-order valence-electron chi connectivity index (χ1n) is 13.0. The third-order valence-electron chi connectivity index (χ3n) is 6.44. The number of hydrogen-bond donors (Lipinski definition) is 4. The number of amides is 1. The number of carbonyl (C=O) groups is 1. The molecule has 1 unspecified atom stereocenters. The summed E-state index contributed by atoms with van der Waals surface area (Å²) < 4.78 is 54.4. The molecule has 2 aromatic carbocycles. The molecule has 41 heavy (non-hydrogen) atoms. The number of halogens is 3. The Morgan fingerprint density at radius 1 is 1.20 bits per heavy atom. The van der Waals surface area contributed by atoms with Crippen molar-refractivity contribution in [2.24, 2.45) is 0 Å². The monoisotopic (exact) mass is 592 g/mol. The predicted molar refractivity (Wildman–Crippen MR) is 151 cm³/mol. The summed E-state index contributed by atoms with van der Waals surface area (Å²) in [6.07, 6.45) is -2.49. The molecule has 10 nitrogen and oxygen atoms in total. The lowest BCUT2D eigenvalue weighted by atomic mass is 10.1.